The van der Waals surface area contributed by atoms with Crippen LogP contribution in [0.5, 0.6) is 0 Å². The summed E-state index contributed by atoms with van der Waals surface area (Å²) in [6.45, 7) is 2.01. The van der Waals surface area contributed by atoms with Gasteiger partial charge in [0.25, 0.3) is 0 Å². The lowest BCUT2D eigenvalue weighted by Crippen LogP contribution is -2.55. The summed E-state index contributed by atoms with van der Waals surface area (Å²) in [5.41, 5.74) is 8.98. The van der Waals surface area contributed by atoms with E-state index in [-0.39, 0.29) is 36.8 Å². The summed E-state index contributed by atoms with van der Waals surface area (Å²) in [6.07, 6.45) is 8.41. The van der Waals surface area contributed by atoms with Crippen LogP contribution in [0.2, 0.25) is 0 Å². The Morgan fingerprint density at radius 3 is 2.12 bits per heavy atom. The van der Waals surface area contributed by atoms with E-state index in [4.69, 9.17) is 5.73 Å². The number of carbonyl (C=O) groups is 1. The van der Waals surface area contributed by atoms with E-state index in [2.05, 4.69) is 34.6 Å². The minimum absolute atomic E-state index is 0. The number of hydrogen-bond acceptors (Lipinski definition) is 3. The predicted molar refractivity (Wildman–Crippen MR) is 111 cm³/mol. The Morgan fingerprint density at radius 1 is 1.00 bits per heavy atom. The van der Waals surface area contributed by atoms with Gasteiger partial charge < -0.3 is 11.1 Å². The number of carbonyl (C=O) groups excluding carboxylic acids is 1. The third-order valence-corrected chi connectivity index (χ3v) is 4.97. The standard InChI is InChI=1S/C20H25N3O.2ClH/c1-15(23-19(24)20(21)11-3-2-4-12-20)16-5-7-17(8-6-16)18-9-13-22-14-10-18;;/h5-10,13-15H,2-4,11-12,21H2,1H3,(H,23,24);2*1H. The summed E-state index contributed by atoms with van der Waals surface area (Å²) in [5, 5.41) is 3.09. The number of rotatable bonds is 4. The predicted octanol–water partition coefficient (Wildman–Crippen LogP) is 4.43. The Labute approximate surface area is 167 Å². The van der Waals surface area contributed by atoms with Crippen molar-refractivity contribution < 1.29 is 4.79 Å². The number of nitrogens with zero attached hydrogens (tertiary/aromatic N) is 1. The minimum Gasteiger partial charge on any atom is -0.348 e. The normalized spacial score (nSPS) is 16.5. The number of nitrogens with two attached hydrogens (primary N) is 1. The molecule has 3 rings (SSSR count). The van der Waals surface area contributed by atoms with Crippen molar-refractivity contribution in [1.29, 1.82) is 0 Å². The van der Waals surface area contributed by atoms with Crippen molar-refractivity contribution >= 4 is 30.7 Å². The Kier molecular flexibility index (Phi) is 8.54. The molecule has 0 spiro atoms. The molecule has 1 aromatic heterocycles. The Hall–Kier alpha value is -1.62. The van der Waals surface area contributed by atoms with Crippen LogP contribution in [0.3, 0.4) is 0 Å². The lowest BCUT2D eigenvalue weighted by atomic mass is 9.81. The number of benzene rings is 1. The van der Waals surface area contributed by atoms with Gasteiger partial charge in [-0.05, 0) is 48.6 Å². The van der Waals surface area contributed by atoms with Gasteiger partial charge in [0, 0.05) is 12.4 Å². The van der Waals surface area contributed by atoms with Crippen LogP contribution in [-0.2, 0) is 4.79 Å². The smallest absolute Gasteiger partial charge is 0.240 e. The summed E-state index contributed by atoms with van der Waals surface area (Å²) in [4.78, 5) is 16.6. The van der Waals surface area contributed by atoms with Crippen LogP contribution in [-0.4, -0.2) is 16.4 Å². The zero-order valence-electron chi connectivity index (χ0n) is 15.0. The van der Waals surface area contributed by atoms with Crippen molar-refractivity contribution in [2.45, 2.75) is 50.6 Å². The van der Waals surface area contributed by atoms with E-state index in [0.29, 0.717) is 0 Å². The fraction of sp³-hybridized carbons (Fsp3) is 0.400. The molecule has 26 heavy (non-hydrogen) atoms. The fourth-order valence-electron chi connectivity index (χ4n) is 3.34. The van der Waals surface area contributed by atoms with Gasteiger partial charge in [0.1, 0.15) is 0 Å². The highest BCUT2D eigenvalue weighted by molar-refractivity contribution is 5.86. The summed E-state index contributed by atoms with van der Waals surface area (Å²) in [5.74, 6) is -0.0205. The minimum atomic E-state index is -0.691. The monoisotopic (exact) mass is 395 g/mol. The molecule has 2 aromatic rings. The molecule has 1 saturated carbocycles. The third kappa shape index (κ3) is 5.19. The van der Waals surface area contributed by atoms with Crippen molar-refractivity contribution in [3.05, 3.63) is 54.4 Å². The second-order valence-corrected chi connectivity index (χ2v) is 6.77. The highest BCUT2D eigenvalue weighted by Crippen LogP contribution is 2.27. The summed E-state index contributed by atoms with van der Waals surface area (Å²) in [6, 6.07) is 12.2. The maximum absolute atomic E-state index is 12.5. The van der Waals surface area contributed by atoms with E-state index in [0.717, 1.165) is 42.4 Å². The molecule has 1 aliphatic rings. The Morgan fingerprint density at radius 2 is 1.54 bits per heavy atom. The van der Waals surface area contributed by atoms with Gasteiger partial charge in [-0.3, -0.25) is 9.78 Å². The van der Waals surface area contributed by atoms with Crippen molar-refractivity contribution in [1.82, 2.24) is 10.3 Å². The number of halogens is 2. The van der Waals surface area contributed by atoms with Gasteiger partial charge in [0.2, 0.25) is 5.91 Å². The fourth-order valence-corrected chi connectivity index (χ4v) is 3.34. The summed E-state index contributed by atoms with van der Waals surface area (Å²) in [7, 11) is 0. The van der Waals surface area contributed by atoms with E-state index in [1.165, 1.54) is 6.42 Å². The molecule has 1 aliphatic carbocycles. The molecular formula is C20H27Cl2N3O. The molecule has 1 amide bonds. The van der Waals surface area contributed by atoms with Crippen LogP contribution in [0.25, 0.3) is 11.1 Å². The Balaban J connectivity index is 0.00000169. The van der Waals surface area contributed by atoms with Crippen LogP contribution in [0, 0.1) is 0 Å². The van der Waals surface area contributed by atoms with Gasteiger partial charge in [-0.1, -0.05) is 43.5 Å². The lowest BCUT2D eigenvalue weighted by Gasteiger charge is -2.33. The van der Waals surface area contributed by atoms with Crippen LogP contribution in [0.4, 0.5) is 0 Å². The zero-order valence-corrected chi connectivity index (χ0v) is 16.6. The van der Waals surface area contributed by atoms with Gasteiger partial charge in [0.15, 0.2) is 0 Å². The van der Waals surface area contributed by atoms with E-state index >= 15 is 0 Å². The molecule has 6 heteroatoms. The molecule has 1 unspecified atom stereocenters. The first kappa shape index (κ1) is 22.4. The van der Waals surface area contributed by atoms with Crippen LogP contribution >= 0.6 is 24.8 Å². The van der Waals surface area contributed by atoms with Crippen LogP contribution in [0.1, 0.15) is 50.6 Å². The summed E-state index contributed by atoms with van der Waals surface area (Å²) >= 11 is 0. The van der Waals surface area contributed by atoms with E-state index < -0.39 is 5.54 Å². The second-order valence-electron chi connectivity index (χ2n) is 6.77. The topological polar surface area (TPSA) is 68.0 Å². The van der Waals surface area contributed by atoms with Gasteiger partial charge in [-0.2, -0.15) is 0 Å². The highest BCUT2D eigenvalue weighted by Gasteiger charge is 2.35. The average molecular weight is 396 g/mol. The van der Waals surface area contributed by atoms with Gasteiger partial charge in [0.05, 0.1) is 11.6 Å². The van der Waals surface area contributed by atoms with Gasteiger partial charge in [-0.15, -0.1) is 24.8 Å². The molecule has 0 saturated heterocycles. The number of hydrogen-bond donors (Lipinski definition) is 2. The number of aromatic nitrogens is 1. The van der Waals surface area contributed by atoms with E-state index in [9.17, 15) is 4.79 Å². The summed E-state index contributed by atoms with van der Waals surface area (Å²) < 4.78 is 0. The molecule has 1 atom stereocenters. The van der Waals surface area contributed by atoms with E-state index in [1.807, 2.05) is 19.1 Å². The van der Waals surface area contributed by atoms with Crippen molar-refractivity contribution in [2.75, 3.05) is 0 Å². The van der Waals surface area contributed by atoms with E-state index in [1.54, 1.807) is 12.4 Å². The largest absolute Gasteiger partial charge is 0.348 e. The SMILES string of the molecule is CC(NC(=O)C1(N)CCCCC1)c1ccc(-c2ccncc2)cc1.Cl.Cl. The molecule has 0 bridgehead atoms. The number of amides is 1. The average Bonchev–Trinajstić information content (AvgIpc) is 2.63. The first-order chi connectivity index (χ1) is 11.6. The lowest BCUT2D eigenvalue weighted by molar-refractivity contribution is -0.128. The van der Waals surface area contributed by atoms with Crippen molar-refractivity contribution in [3.63, 3.8) is 0 Å². The quantitative estimate of drug-likeness (QED) is 0.803. The molecular weight excluding hydrogens is 369 g/mol. The first-order valence-electron chi connectivity index (χ1n) is 8.69. The molecule has 142 valence electrons. The van der Waals surface area contributed by atoms with Crippen LogP contribution < -0.4 is 11.1 Å². The van der Waals surface area contributed by atoms with Crippen molar-refractivity contribution in [2.24, 2.45) is 5.73 Å². The third-order valence-electron chi connectivity index (χ3n) is 4.97. The molecule has 1 fully saturated rings. The molecule has 0 aliphatic heterocycles. The zero-order chi connectivity index (χ0) is 17.0. The number of nitrogens with one attached hydrogen (secondary N) is 1. The van der Waals surface area contributed by atoms with Gasteiger partial charge in [-0.25, -0.2) is 0 Å². The molecule has 1 heterocycles. The maximum Gasteiger partial charge on any atom is 0.240 e. The molecule has 1 aromatic carbocycles. The maximum atomic E-state index is 12.5. The van der Waals surface area contributed by atoms with Crippen LogP contribution in [0.15, 0.2) is 48.8 Å². The van der Waals surface area contributed by atoms with Gasteiger partial charge >= 0.3 is 0 Å². The Bertz CT molecular complexity index is 686. The first-order valence-corrected chi connectivity index (χ1v) is 8.69. The second kappa shape index (κ2) is 9.91. The molecule has 4 nitrogen and oxygen atoms in total. The molecule has 0 radical (unpaired) electrons. The number of pyridine rings is 1. The highest BCUT2D eigenvalue weighted by atomic mass is 35.5. The van der Waals surface area contributed by atoms with Crippen molar-refractivity contribution in [3.8, 4) is 11.1 Å². The molecule has 3 N–H and O–H groups in total.